The number of esters is 2. The third-order valence-electron chi connectivity index (χ3n) is 15.7. The Bertz CT molecular complexity index is 1880. The van der Waals surface area contributed by atoms with Crippen LogP contribution in [0.5, 0.6) is 0 Å². The van der Waals surface area contributed by atoms with E-state index in [2.05, 4.69) is 135 Å². The summed E-state index contributed by atoms with van der Waals surface area (Å²) >= 11 is 0. The average Bonchev–Trinajstić information content (AvgIpc) is 3.70. The molecule has 0 aliphatic heterocycles. The van der Waals surface area contributed by atoms with E-state index in [0.29, 0.717) is 23.9 Å². The number of carboxylic acids is 1. The minimum Gasteiger partial charge on any atom is -0.477 e. The van der Waals surface area contributed by atoms with Crippen molar-refractivity contribution in [2.24, 2.45) is 0 Å². The number of carbonyl (C=O) groups is 3. The second-order valence-corrected chi connectivity index (χ2v) is 25.5. The van der Waals surface area contributed by atoms with Crippen molar-refractivity contribution in [3.8, 4) is 0 Å². The molecule has 2 atom stereocenters. The van der Waals surface area contributed by atoms with Crippen LogP contribution in [0.15, 0.2) is 122 Å². The molecule has 0 aromatic heterocycles. The molecule has 0 fully saturated rings. The summed E-state index contributed by atoms with van der Waals surface area (Å²) in [4.78, 5) is 37.7. The van der Waals surface area contributed by atoms with Gasteiger partial charge in [0.15, 0.2) is 6.10 Å². The molecule has 0 spiro atoms. The molecule has 9 nitrogen and oxygen atoms in total. The minimum atomic E-state index is -1.52. The molecule has 0 rings (SSSR count). The molecule has 0 saturated carbocycles. The Kier molecular flexibility index (Phi) is 66.2. The van der Waals surface area contributed by atoms with Crippen molar-refractivity contribution in [1.29, 1.82) is 0 Å². The SMILES string of the molecule is CC/C=C\C/C=C\C/C=C\C/C=C\C/C=C\C/C=C\C/C=C\C/C=C\CCCCCCCCCCCCCCC(=O)OC(COC(=O)CCCCCCCCCCCCCCCCC/C=C\C/C=C\CCCCCCC)COC(OCC[N+](C)(C)C)C(=O)O. The molecule has 9 heteroatoms. The van der Waals surface area contributed by atoms with Gasteiger partial charge in [0.1, 0.15) is 13.2 Å². The molecule has 0 aliphatic carbocycles. The van der Waals surface area contributed by atoms with Gasteiger partial charge in [0.25, 0.3) is 6.29 Å². The zero-order chi connectivity index (χ0) is 64.7. The number of rotatable bonds is 67. The molecule has 2 unspecified atom stereocenters. The van der Waals surface area contributed by atoms with Gasteiger partial charge in [-0.1, -0.05) is 309 Å². The van der Waals surface area contributed by atoms with Crippen molar-refractivity contribution in [2.45, 2.75) is 322 Å². The van der Waals surface area contributed by atoms with Crippen LogP contribution in [0.2, 0.25) is 0 Å². The number of nitrogens with zero attached hydrogens (tertiary/aromatic N) is 1. The summed E-state index contributed by atoms with van der Waals surface area (Å²) in [5.74, 6) is -2.00. The van der Waals surface area contributed by atoms with Crippen molar-refractivity contribution >= 4 is 17.9 Å². The molecular weight excluding hydrogens is 1100 g/mol. The van der Waals surface area contributed by atoms with Crippen LogP contribution >= 0.6 is 0 Å². The Morgan fingerprint density at radius 2 is 0.640 bits per heavy atom. The summed E-state index contributed by atoms with van der Waals surface area (Å²) in [5.41, 5.74) is 0. The normalized spacial score (nSPS) is 13.4. The fourth-order valence-corrected chi connectivity index (χ4v) is 10.1. The molecule has 510 valence electrons. The minimum absolute atomic E-state index is 0.183. The zero-order valence-electron chi connectivity index (χ0n) is 58.3. The van der Waals surface area contributed by atoms with Crippen LogP contribution in [0.3, 0.4) is 0 Å². The highest BCUT2D eigenvalue weighted by atomic mass is 16.7. The summed E-state index contributed by atoms with van der Waals surface area (Å²) in [5, 5.41) is 9.76. The van der Waals surface area contributed by atoms with Gasteiger partial charge in [-0.25, -0.2) is 4.79 Å². The summed E-state index contributed by atoms with van der Waals surface area (Å²) < 4.78 is 23.0. The molecule has 89 heavy (non-hydrogen) atoms. The monoisotopic (exact) mass is 1240 g/mol. The van der Waals surface area contributed by atoms with Crippen LogP contribution in [0.4, 0.5) is 0 Å². The first-order valence-corrected chi connectivity index (χ1v) is 36.7. The van der Waals surface area contributed by atoms with Gasteiger partial charge >= 0.3 is 17.9 Å². The molecule has 0 aliphatic rings. The highest BCUT2D eigenvalue weighted by molar-refractivity contribution is 5.71. The standard InChI is InChI=1S/C80H137NO8/c1-6-8-10-12-14-16-18-20-22-24-26-28-30-32-34-35-36-37-38-39-40-41-42-43-45-47-49-51-53-55-57-59-61-63-65-67-69-71-78(83)89-76(75-88-80(79(84)85)86-73-72-81(3,4)5)74-87-77(82)70-68-66-64-62-60-58-56-54-52-50-48-46-44-33-31-29-27-25-23-21-19-17-15-13-11-9-7-2/h8,10,14,16,19-22,25-28,32,34,36-37,39-40,42-43,76,80H,6-7,9,11-13,15,17-18,23-24,29-31,33,35,38,41,44-75H2,1-5H3/p+1/b10-8-,16-14-,21-19-,22-20-,27-25-,28-26-,34-32-,37-36-,40-39-,43-42-. The van der Waals surface area contributed by atoms with Crippen LogP contribution in [0.25, 0.3) is 0 Å². The highest BCUT2D eigenvalue weighted by Gasteiger charge is 2.25. The molecule has 1 N–H and O–H groups in total. The maximum absolute atomic E-state index is 13.0. The van der Waals surface area contributed by atoms with Crippen molar-refractivity contribution in [3.05, 3.63) is 122 Å². The number of likely N-dealkylation sites (N-methyl/N-ethyl adjacent to an activating group) is 1. The fraction of sp³-hybridized carbons (Fsp3) is 0.713. The predicted octanol–water partition coefficient (Wildman–Crippen LogP) is 23.1. The van der Waals surface area contributed by atoms with Gasteiger partial charge in [-0.2, -0.15) is 0 Å². The average molecular weight is 1240 g/mol. The smallest absolute Gasteiger partial charge is 0.361 e. The third-order valence-corrected chi connectivity index (χ3v) is 15.7. The van der Waals surface area contributed by atoms with Crippen LogP contribution < -0.4 is 0 Å². The first-order valence-electron chi connectivity index (χ1n) is 36.7. The highest BCUT2D eigenvalue weighted by Crippen LogP contribution is 2.17. The Labute approximate surface area is 548 Å². The summed E-state index contributed by atoms with van der Waals surface area (Å²) in [6.45, 7) is 4.77. The molecule has 0 aromatic carbocycles. The van der Waals surface area contributed by atoms with E-state index < -0.39 is 24.3 Å². The first kappa shape index (κ1) is 84.7. The Morgan fingerprint density at radius 3 is 0.955 bits per heavy atom. The zero-order valence-corrected chi connectivity index (χ0v) is 58.3. The lowest BCUT2D eigenvalue weighted by atomic mass is 10.0. The van der Waals surface area contributed by atoms with Crippen LogP contribution in [-0.2, 0) is 33.3 Å². The summed E-state index contributed by atoms with van der Waals surface area (Å²) in [6.07, 6.45) is 96.0. The number of carbonyl (C=O) groups excluding carboxylic acids is 2. The summed E-state index contributed by atoms with van der Waals surface area (Å²) in [6, 6.07) is 0. The van der Waals surface area contributed by atoms with E-state index in [9.17, 15) is 19.5 Å². The topological polar surface area (TPSA) is 108 Å². The van der Waals surface area contributed by atoms with E-state index in [1.165, 1.54) is 180 Å². The Balaban J connectivity index is 4.11. The van der Waals surface area contributed by atoms with Gasteiger partial charge in [-0.05, 0) is 109 Å². The quantitative estimate of drug-likeness (QED) is 0.0211. The largest absolute Gasteiger partial charge is 0.477 e. The predicted molar refractivity (Wildman–Crippen MR) is 382 cm³/mol. The fourth-order valence-electron chi connectivity index (χ4n) is 10.1. The molecular formula is C80H138NO8+. The molecule has 0 aromatic rings. The van der Waals surface area contributed by atoms with E-state index in [-0.39, 0.29) is 32.2 Å². The van der Waals surface area contributed by atoms with Crippen molar-refractivity contribution < 1.29 is 42.9 Å². The Morgan fingerprint density at radius 1 is 0.348 bits per heavy atom. The number of quaternary nitrogens is 1. The van der Waals surface area contributed by atoms with E-state index >= 15 is 0 Å². The molecule has 0 amide bonds. The van der Waals surface area contributed by atoms with Gasteiger partial charge < -0.3 is 28.5 Å². The second kappa shape index (κ2) is 69.6. The number of unbranched alkanes of at least 4 members (excludes halogenated alkanes) is 32. The number of carboxylic acid groups (broad SMARTS) is 1. The maximum atomic E-state index is 13.0. The number of hydrogen-bond acceptors (Lipinski definition) is 7. The number of ether oxygens (including phenoxy) is 4. The molecule has 0 saturated heterocycles. The lowest BCUT2D eigenvalue weighted by Gasteiger charge is -2.25. The van der Waals surface area contributed by atoms with Gasteiger partial charge in [-0.15, -0.1) is 0 Å². The lowest BCUT2D eigenvalue weighted by Crippen LogP contribution is -2.40. The van der Waals surface area contributed by atoms with Crippen LogP contribution in [0.1, 0.15) is 309 Å². The van der Waals surface area contributed by atoms with Crippen LogP contribution in [0, 0.1) is 0 Å². The van der Waals surface area contributed by atoms with Crippen molar-refractivity contribution in [3.63, 3.8) is 0 Å². The molecule has 0 bridgehead atoms. The number of aliphatic carboxylic acids is 1. The van der Waals surface area contributed by atoms with Gasteiger partial charge in [0, 0.05) is 12.8 Å². The van der Waals surface area contributed by atoms with E-state index in [1.54, 1.807) is 0 Å². The van der Waals surface area contributed by atoms with Crippen LogP contribution in [-0.4, -0.2) is 87.4 Å². The van der Waals surface area contributed by atoms with E-state index in [0.717, 1.165) is 96.3 Å². The van der Waals surface area contributed by atoms with Gasteiger partial charge in [-0.3, -0.25) is 9.59 Å². The number of hydrogen-bond donors (Lipinski definition) is 1. The Hall–Kier alpha value is -4.31. The lowest BCUT2D eigenvalue weighted by molar-refractivity contribution is -0.870. The second-order valence-electron chi connectivity index (χ2n) is 25.5. The summed E-state index contributed by atoms with van der Waals surface area (Å²) in [7, 11) is 5.98. The van der Waals surface area contributed by atoms with Gasteiger partial charge in [0.2, 0.25) is 0 Å². The molecule has 0 radical (unpaired) electrons. The van der Waals surface area contributed by atoms with Crippen molar-refractivity contribution in [2.75, 3.05) is 47.5 Å². The first-order chi connectivity index (χ1) is 43.6. The third kappa shape index (κ3) is 71.0. The van der Waals surface area contributed by atoms with E-state index in [4.69, 9.17) is 18.9 Å². The number of allylic oxidation sites excluding steroid dienone is 20. The van der Waals surface area contributed by atoms with E-state index in [1.807, 2.05) is 21.1 Å². The molecule has 0 heterocycles. The maximum Gasteiger partial charge on any atom is 0.361 e. The van der Waals surface area contributed by atoms with Gasteiger partial charge in [0.05, 0.1) is 34.4 Å². The van der Waals surface area contributed by atoms with Crippen molar-refractivity contribution in [1.82, 2.24) is 0 Å².